The van der Waals surface area contributed by atoms with E-state index >= 15 is 0 Å². The van der Waals surface area contributed by atoms with Crippen molar-refractivity contribution in [3.05, 3.63) is 131 Å². The van der Waals surface area contributed by atoms with Gasteiger partial charge in [-0.2, -0.15) is 0 Å². The summed E-state index contributed by atoms with van der Waals surface area (Å²) in [7, 11) is 1.60. The summed E-state index contributed by atoms with van der Waals surface area (Å²) in [5.41, 5.74) is 4.65. The Bertz CT molecular complexity index is 1570. The van der Waals surface area contributed by atoms with E-state index in [4.69, 9.17) is 4.74 Å². The van der Waals surface area contributed by atoms with Gasteiger partial charge in [-0.15, -0.1) is 10.2 Å². The molecule has 9 heteroatoms. The second-order valence-electron chi connectivity index (χ2n) is 9.50. The first-order valence-electron chi connectivity index (χ1n) is 13.1. The fraction of sp³-hybridized carbons (Fsp3) is 0.156. The molecule has 208 valence electrons. The Labute approximate surface area is 242 Å². The second kappa shape index (κ2) is 13.1. The van der Waals surface area contributed by atoms with Crippen molar-refractivity contribution in [1.82, 2.24) is 20.1 Å². The van der Waals surface area contributed by atoms with Crippen molar-refractivity contribution >= 4 is 23.5 Å². The highest BCUT2D eigenvalue weighted by Gasteiger charge is 2.25. The summed E-state index contributed by atoms with van der Waals surface area (Å²) in [4.78, 5) is 13.2. The van der Waals surface area contributed by atoms with Crippen molar-refractivity contribution in [2.45, 2.75) is 30.3 Å². The van der Waals surface area contributed by atoms with Crippen LogP contribution in [0.25, 0.3) is 5.69 Å². The van der Waals surface area contributed by atoms with Crippen LogP contribution in [0, 0.1) is 12.7 Å². The highest BCUT2D eigenvalue weighted by atomic mass is 32.2. The van der Waals surface area contributed by atoms with Gasteiger partial charge in [-0.1, -0.05) is 71.9 Å². The summed E-state index contributed by atoms with van der Waals surface area (Å²) in [5, 5.41) is 15.8. The Balaban J connectivity index is 1.47. The van der Waals surface area contributed by atoms with E-state index in [0.29, 0.717) is 34.6 Å². The fourth-order valence-corrected chi connectivity index (χ4v) is 5.24. The molecule has 1 aromatic heterocycles. The van der Waals surface area contributed by atoms with Gasteiger partial charge in [-0.3, -0.25) is 4.57 Å². The SMILES string of the molecule is COc1ccc(NC(=O)NC(Cc2ccccc2)c2nnc(SCc3ccc(F)cc3)n2-c2ccc(C)cc2)cc1. The van der Waals surface area contributed by atoms with Crippen LogP contribution in [0.3, 0.4) is 0 Å². The molecule has 0 aliphatic carbocycles. The molecule has 0 saturated carbocycles. The van der Waals surface area contributed by atoms with Crippen molar-refractivity contribution in [3.63, 3.8) is 0 Å². The van der Waals surface area contributed by atoms with Crippen LogP contribution in [0.15, 0.2) is 108 Å². The van der Waals surface area contributed by atoms with Gasteiger partial charge in [-0.25, -0.2) is 9.18 Å². The number of benzene rings is 4. The van der Waals surface area contributed by atoms with Crippen LogP contribution in [0.5, 0.6) is 5.75 Å². The van der Waals surface area contributed by atoms with Gasteiger partial charge in [0, 0.05) is 23.5 Å². The third-order valence-electron chi connectivity index (χ3n) is 6.48. The third-order valence-corrected chi connectivity index (χ3v) is 7.48. The molecule has 1 heterocycles. The van der Waals surface area contributed by atoms with Crippen molar-refractivity contribution in [2.24, 2.45) is 0 Å². The summed E-state index contributed by atoms with van der Waals surface area (Å²) in [6.07, 6.45) is 0.503. The van der Waals surface area contributed by atoms with Gasteiger partial charge >= 0.3 is 6.03 Å². The Kier molecular flexibility index (Phi) is 8.95. The summed E-state index contributed by atoms with van der Waals surface area (Å²) < 4.78 is 20.6. The van der Waals surface area contributed by atoms with Gasteiger partial charge in [0.25, 0.3) is 0 Å². The fourth-order valence-electron chi connectivity index (χ4n) is 4.32. The minimum Gasteiger partial charge on any atom is -0.497 e. The predicted octanol–water partition coefficient (Wildman–Crippen LogP) is 7.12. The minimum atomic E-state index is -0.496. The first kappa shape index (κ1) is 27.9. The summed E-state index contributed by atoms with van der Waals surface area (Å²) >= 11 is 1.50. The topological polar surface area (TPSA) is 81.1 Å². The molecular weight excluding hydrogens is 537 g/mol. The van der Waals surface area contributed by atoms with Crippen molar-refractivity contribution in [1.29, 1.82) is 0 Å². The monoisotopic (exact) mass is 567 g/mol. The largest absolute Gasteiger partial charge is 0.497 e. The summed E-state index contributed by atoms with van der Waals surface area (Å²) in [6, 6.07) is 30.7. The number of amides is 2. The number of urea groups is 1. The lowest BCUT2D eigenvalue weighted by atomic mass is 10.1. The molecule has 0 fully saturated rings. The smallest absolute Gasteiger partial charge is 0.319 e. The van der Waals surface area contributed by atoms with Crippen molar-refractivity contribution < 1.29 is 13.9 Å². The van der Waals surface area contributed by atoms with Gasteiger partial charge in [0.05, 0.1) is 13.2 Å². The van der Waals surface area contributed by atoms with Gasteiger partial charge in [0.15, 0.2) is 11.0 Å². The number of aromatic nitrogens is 3. The highest BCUT2D eigenvalue weighted by Crippen LogP contribution is 2.29. The van der Waals surface area contributed by atoms with Crippen molar-refractivity contribution in [2.75, 3.05) is 12.4 Å². The first-order chi connectivity index (χ1) is 20.0. The molecule has 0 aliphatic heterocycles. The molecule has 5 aromatic rings. The van der Waals surface area contributed by atoms with Crippen LogP contribution in [0.2, 0.25) is 0 Å². The van der Waals surface area contributed by atoms with Crippen molar-refractivity contribution in [3.8, 4) is 11.4 Å². The third kappa shape index (κ3) is 7.32. The van der Waals surface area contributed by atoms with Crippen LogP contribution in [-0.4, -0.2) is 27.9 Å². The maximum atomic E-state index is 13.4. The number of hydrogen-bond donors (Lipinski definition) is 2. The van der Waals surface area contributed by atoms with E-state index in [9.17, 15) is 9.18 Å². The zero-order valence-corrected chi connectivity index (χ0v) is 23.6. The van der Waals surface area contributed by atoms with E-state index < -0.39 is 6.04 Å². The van der Waals surface area contributed by atoms with E-state index in [1.165, 1.54) is 23.9 Å². The number of halogens is 1. The van der Waals surface area contributed by atoms with Crippen LogP contribution >= 0.6 is 11.8 Å². The standard InChI is InChI=1S/C32H30FN5O2S/c1-22-8-16-27(17-9-22)38-30(36-37-32(38)41-21-24-10-12-25(33)13-11-24)29(20-23-6-4-3-5-7-23)35-31(39)34-26-14-18-28(40-2)19-15-26/h3-19,29H,20-21H2,1-2H3,(H2,34,35,39). The summed E-state index contributed by atoms with van der Waals surface area (Å²) in [5.74, 6) is 1.62. The van der Waals surface area contributed by atoms with Crippen LogP contribution in [0.4, 0.5) is 14.9 Å². The molecule has 4 aromatic carbocycles. The number of thioether (sulfide) groups is 1. The zero-order valence-electron chi connectivity index (χ0n) is 22.8. The maximum Gasteiger partial charge on any atom is 0.319 e. The molecule has 2 amide bonds. The number of rotatable bonds is 10. The number of methoxy groups -OCH3 is 1. The molecule has 0 radical (unpaired) electrons. The van der Waals surface area contributed by atoms with Crippen LogP contribution < -0.4 is 15.4 Å². The minimum absolute atomic E-state index is 0.272. The Morgan fingerprint density at radius 1 is 0.902 bits per heavy atom. The van der Waals surface area contributed by atoms with Gasteiger partial charge in [0.2, 0.25) is 0 Å². The van der Waals surface area contributed by atoms with E-state index in [1.807, 2.05) is 66.1 Å². The zero-order chi connectivity index (χ0) is 28.6. The lowest BCUT2D eigenvalue weighted by molar-refractivity contribution is 0.247. The molecule has 2 N–H and O–H groups in total. The molecule has 0 aliphatic rings. The molecule has 1 atom stereocenters. The first-order valence-corrected chi connectivity index (χ1v) is 14.1. The number of hydrogen-bond acceptors (Lipinski definition) is 5. The quantitative estimate of drug-likeness (QED) is 0.176. The number of aryl methyl sites for hydroxylation is 1. The molecule has 0 spiro atoms. The Morgan fingerprint density at radius 3 is 2.29 bits per heavy atom. The molecule has 0 bridgehead atoms. The number of ether oxygens (including phenoxy) is 1. The molecular formula is C32H30FN5O2S. The Hall–Kier alpha value is -4.63. The van der Waals surface area contributed by atoms with E-state index in [0.717, 1.165) is 22.4 Å². The van der Waals surface area contributed by atoms with E-state index in [1.54, 1.807) is 43.5 Å². The number of nitrogens with one attached hydrogen (secondary N) is 2. The second-order valence-corrected chi connectivity index (χ2v) is 10.4. The highest BCUT2D eigenvalue weighted by molar-refractivity contribution is 7.98. The van der Waals surface area contributed by atoms with Crippen LogP contribution in [-0.2, 0) is 12.2 Å². The van der Waals surface area contributed by atoms with Gasteiger partial charge < -0.3 is 15.4 Å². The van der Waals surface area contributed by atoms with E-state index in [2.05, 4.69) is 20.8 Å². The van der Waals surface area contributed by atoms with Gasteiger partial charge in [-0.05, 0) is 66.6 Å². The van der Waals surface area contributed by atoms with Gasteiger partial charge in [0.1, 0.15) is 11.6 Å². The number of anilines is 1. The van der Waals surface area contributed by atoms with E-state index in [-0.39, 0.29) is 11.8 Å². The number of carbonyl (C=O) groups excluding carboxylic acids is 1. The average molecular weight is 568 g/mol. The maximum absolute atomic E-state index is 13.4. The lowest BCUT2D eigenvalue weighted by Gasteiger charge is -2.21. The molecule has 0 saturated heterocycles. The Morgan fingerprint density at radius 2 is 1.61 bits per heavy atom. The predicted molar refractivity (Wildman–Crippen MR) is 160 cm³/mol. The summed E-state index contributed by atoms with van der Waals surface area (Å²) in [6.45, 7) is 2.03. The molecule has 5 rings (SSSR count). The normalized spacial score (nSPS) is 11.6. The lowest BCUT2D eigenvalue weighted by Crippen LogP contribution is -2.35. The molecule has 7 nitrogen and oxygen atoms in total. The van der Waals surface area contributed by atoms with Crippen LogP contribution in [0.1, 0.15) is 28.6 Å². The number of nitrogens with zero attached hydrogens (tertiary/aromatic N) is 3. The molecule has 1 unspecified atom stereocenters. The average Bonchev–Trinajstić information content (AvgIpc) is 3.42. The number of carbonyl (C=O) groups is 1. The molecule has 41 heavy (non-hydrogen) atoms.